The highest BCUT2D eigenvalue weighted by Crippen LogP contribution is 2.44. The van der Waals surface area contributed by atoms with Crippen molar-refractivity contribution in [2.24, 2.45) is 11.3 Å². The molecule has 2 aromatic rings. The van der Waals surface area contributed by atoms with E-state index in [9.17, 15) is 9.59 Å². The van der Waals surface area contributed by atoms with E-state index in [4.69, 9.17) is 16.3 Å². The van der Waals surface area contributed by atoms with Crippen LogP contribution in [0.25, 0.3) is 0 Å². The third-order valence-corrected chi connectivity index (χ3v) is 6.67. The zero-order valence-corrected chi connectivity index (χ0v) is 18.2. The number of aromatic nitrogens is 1. The van der Waals surface area contributed by atoms with E-state index in [2.05, 4.69) is 31.1 Å². The summed E-state index contributed by atoms with van der Waals surface area (Å²) in [5, 5.41) is 3.53. The van der Waals surface area contributed by atoms with Gasteiger partial charge in [-0.25, -0.2) is 9.78 Å². The van der Waals surface area contributed by atoms with Gasteiger partial charge in [-0.1, -0.05) is 32.4 Å². The number of nitrogens with zero attached hydrogens (tertiary/aromatic N) is 1. The third-order valence-electron chi connectivity index (χ3n) is 5.20. The molecular weight excluding hydrogens is 396 g/mol. The van der Waals surface area contributed by atoms with Crippen LogP contribution < -0.4 is 5.32 Å². The smallest absolute Gasteiger partial charge is 0.341 e. The maximum atomic E-state index is 12.7. The van der Waals surface area contributed by atoms with Crippen LogP contribution in [0, 0.1) is 11.3 Å². The molecule has 150 valence electrons. The molecule has 0 radical (unpaired) electrons. The van der Waals surface area contributed by atoms with E-state index >= 15 is 0 Å². The number of thiophene rings is 1. The van der Waals surface area contributed by atoms with Crippen molar-refractivity contribution < 1.29 is 14.3 Å². The molecule has 0 bridgehead atoms. The van der Waals surface area contributed by atoms with Gasteiger partial charge in [0.2, 0.25) is 0 Å². The van der Waals surface area contributed by atoms with E-state index in [1.165, 1.54) is 17.5 Å². The van der Waals surface area contributed by atoms with Crippen molar-refractivity contribution >= 4 is 39.8 Å². The van der Waals surface area contributed by atoms with Gasteiger partial charge in [-0.15, -0.1) is 11.3 Å². The summed E-state index contributed by atoms with van der Waals surface area (Å²) in [4.78, 5) is 30.5. The summed E-state index contributed by atoms with van der Waals surface area (Å²) < 4.78 is 5.28. The van der Waals surface area contributed by atoms with Crippen molar-refractivity contribution in [3.05, 3.63) is 45.1 Å². The van der Waals surface area contributed by atoms with Gasteiger partial charge >= 0.3 is 5.97 Å². The highest BCUT2D eigenvalue weighted by molar-refractivity contribution is 7.17. The van der Waals surface area contributed by atoms with Crippen LogP contribution in [0.4, 0.5) is 5.00 Å². The van der Waals surface area contributed by atoms with Gasteiger partial charge in [0.1, 0.15) is 10.2 Å². The van der Waals surface area contributed by atoms with E-state index in [-0.39, 0.29) is 34.6 Å². The molecule has 0 fully saturated rings. The molecular formula is C21H25ClN2O3S. The summed E-state index contributed by atoms with van der Waals surface area (Å²) in [7, 11) is 0. The van der Waals surface area contributed by atoms with Crippen molar-refractivity contribution in [3.8, 4) is 0 Å². The van der Waals surface area contributed by atoms with E-state index in [0.717, 1.165) is 29.7 Å². The van der Waals surface area contributed by atoms with Gasteiger partial charge in [0, 0.05) is 11.1 Å². The standard InChI is InChI=1S/C21H25ClN2O3S/c1-5-27-20(26)16-13-9-8-12(21(2,3)4)11-15(13)28-19(16)24-18(25)14-7-6-10-23-17(14)22/h6-7,10,12H,5,8-9,11H2,1-4H3,(H,24,25). The lowest BCUT2D eigenvalue weighted by Crippen LogP contribution is -2.26. The first-order valence-corrected chi connectivity index (χ1v) is 10.6. The predicted octanol–water partition coefficient (Wildman–Crippen LogP) is 5.38. The summed E-state index contributed by atoms with van der Waals surface area (Å²) in [6.45, 7) is 8.80. The van der Waals surface area contributed by atoms with E-state index in [0.29, 0.717) is 16.5 Å². The van der Waals surface area contributed by atoms with Crippen LogP contribution in [0.2, 0.25) is 5.15 Å². The fourth-order valence-corrected chi connectivity index (χ4v) is 5.07. The number of ether oxygens (including phenoxy) is 1. The maximum Gasteiger partial charge on any atom is 0.341 e. The van der Waals surface area contributed by atoms with Crippen LogP contribution in [0.5, 0.6) is 0 Å². The Morgan fingerprint density at radius 1 is 1.39 bits per heavy atom. The second kappa shape index (κ2) is 8.21. The van der Waals surface area contributed by atoms with Crippen LogP contribution >= 0.6 is 22.9 Å². The average molecular weight is 421 g/mol. The number of rotatable bonds is 4. The van der Waals surface area contributed by atoms with Crippen molar-refractivity contribution in [2.45, 2.75) is 47.0 Å². The predicted molar refractivity (Wildman–Crippen MR) is 112 cm³/mol. The highest BCUT2D eigenvalue weighted by Gasteiger charge is 2.34. The van der Waals surface area contributed by atoms with E-state index in [1.807, 2.05) is 0 Å². The lowest BCUT2D eigenvalue weighted by Gasteiger charge is -2.33. The number of pyridine rings is 1. The van der Waals surface area contributed by atoms with Crippen LogP contribution in [-0.4, -0.2) is 23.5 Å². The molecule has 3 rings (SSSR count). The number of carbonyl (C=O) groups excluding carboxylic acids is 2. The molecule has 2 heterocycles. The Kier molecular flexibility index (Phi) is 6.10. The number of halogens is 1. The summed E-state index contributed by atoms with van der Waals surface area (Å²) in [6, 6.07) is 3.26. The van der Waals surface area contributed by atoms with Gasteiger partial charge in [0.05, 0.1) is 17.7 Å². The van der Waals surface area contributed by atoms with Gasteiger partial charge in [0.15, 0.2) is 0 Å². The molecule has 1 unspecified atom stereocenters. The van der Waals surface area contributed by atoms with E-state index in [1.54, 1.807) is 19.1 Å². The number of amides is 1. The molecule has 1 amide bonds. The monoisotopic (exact) mass is 420 g/mol. The average Bonchev–Trinajstić information content (AvgIpc) is 2.98. The molecule has 0 saturated heterocycles. The summed E-state index contributed by atoms with van der Waals surface area (Å²) in [5.74, 6) is -0.235. The van der Waals surface area contributed by atoms with E-state index < -0.39 is 0 Å². The summed E-state index contributed by atoms with van der Waals surface area (Å²) >= 11 is 7.52. The molecule has 0 aromatic carbocycles. The number of anilines is 1. The first kappa shape index (κ1) is 20.8. The number of hydrogen-bond donors (Lipinski definition) is 1. The van der Waals surface area contributed by atoms with Gasteiger partial charge < -0.3 is 10.1 Å². The Balaban J connectivity index is 1.96. The molecule has 5 nitrogen and oxygen atoms in total. The van der Waals surface area contributed by atoms with Crippen LogP contribution in [0.3, 0.4) is 0 Å². The third kappa shape index (κ3) is 4.23. The Morgan fingerprint density at radius 2 is 2.14 bits per heavy atom. The van der Waals surface area contributed by atoms with Crippen LogP contribution in [-0.2, 0) is 17.6 Å². The second-order valence-corrected chi connectivity index (χ2v) is 9.49. The SMILES string of the molecule is CCOC(=O)c1c(NC(=O)c2cccnc2Cl)sc2c1CCC(C(C)(C)C)C2. The Morgan fingerprint density at radius 3 is 2.79 bits per heavy atom. The van der Waals surface area contributed by atoms with Crippen molar-refractivity contribution in [1.29, 1.82) is 0 Å². The number of esters is 1. The molecule has 0 saturated carbocycles. The van der Waals surface area contributed by atoms with Gasteiger partial charge in [-0.3, -0.25) is 4.79 Å². The molecule has 0 spiro atoms. The fraction of sp³-hybridized carbons (Fsp3) is 0.476. The van der Waals surface area contributed by atoms with Crippen molar-refractivity contribution in [1.82, 2.24) is 4.98 Å². The first-order valence-electron chi connectivity index (χ1n) is 9.45. The molecule has 0 aliphatic heterocycles. The van der Waals surface area contributed by atoms with Gasteiger partial charge in [0.25, 0.3) is 5.91 Å². The Bertz CT molecular complexity index is 902. The zero-order valence-electron chi connectivity index (χ0n) is 16.6. The Labute approximate surface area is 174 Å². The number of carbonyl (C=O) groups is 2. The maximum absolute atomic E-state index is 12.7. The largest absolute Gasteiger partial charge is 0.462 e. The summed E-state index contributed by atoms with van der Waals surface area (Å²) in [6.07, 6.45) is 4.26. The quantitative estimate of drug-likeness (QED) is 0.532. The topological polar surface area (TPSA) is 68.3 Å². The van der Waals surface area contributed by atoms with Crippen molar-refractivity contribution in [2.75, 3.05) is 11.9 Å². The second-order valence-electron chi connectivity index (χ2n) is 8.03. The molecule has 1 aliphatic carbocycles. The molecule has 28 heavy (non-hydrogen) atoms. The number of hydrogen-bond acceptors (Lipinski definition) is 5. The number of nitrogens with one attached hydrogen (secondary N) is 1. The number of fused-ring (bicyclic) bond motifs is 1. The minimum absolute atomic E-state index is 0.131. The lowest BCUT2D eigenvalue weighted by molar-refractivity contribution is 0.0526. The first-order chi connectivity index (χ1) is 13.2. The van der Waals surface area contributed by atoms with Crippen molar-refractivity contribution in [3.63, 3.8) is 0 Å². The fourth-order valence-electron chi connectivity index (χ4n) is 3.56. The highest BCUT2D eigenvalue weighted by atomic mass is 35.5. The lowest BCUT2D eigenvalue weighted by atomic mass is 9.72. The minimum Gasteiger partial charge on any atom is -0.462 e. The molecule has 1 N–H and O–H groups in total. The van der Waals surface area contributed by atoms with Crippen LogP contribution in [0.15, 0.2) is 18.3 Å². The minimum atomic E-state index is -0.387. The van der Waals surface area contributed by atoms with Gasteiger partial charge in [-0.2, -0.15) is 0 Å². The normalized spacial score (nSPS) is 16.4. The van der Waals surface area contributed by atoms with Crippen LogP contribution in [0.1, 0.15) is 65.3 Å². The zero-order chi connectivity index (χ0) is 20.5. The molecule has 2 aromatic heterocycles. The summed E-state index contributed by atoms with van der Waals surface area (Å²) in [5.41, 5.74) is 1.97. The molecule has 7 heteroatoms. The Hall–Kier alpha value is -1.92. The van der Waals surface area contributed by atoms with Gasteiger partial charge in [-0.05, 0) is 55.2 Å². The molecule has 1 atom stereocenters. The molecule has 1 aliphatic rings.